The first-order chi connectivity index (χ1) is 13.2. The van der Waals surface area contributed by atoms with E-state index >= 15 is 0 Å². The molecular formula is C21H24N2O4. The summed E-state index contributed by atoms with van der Waals surface area (Å²) in [5.74, 6) is 1.47. The third-order valence-corrected chi connectivity index (χ3v) is 5.39. The van der Waals surface area contributed by atoms with E-state index in [0.717, 1.165) is 30.6 Å². The van der Waals surface area contributed by atoms with Crippen LogP contribution in [-0.4, -0.2) is 42.5 Å². The highest BCUT2D eigenvalue weighted by Crippen LogP contribution is 2.35. The molecule has 3 heterocycles. The zero-order valence-electron chi connectivity index (χ0n) is 15.2. The van der Waals surface area contributed by atoms with Crippen molar-refractivity contribution in [2.45, 2.75) is 37.6 Å². The number of fused-ring (bicyclic) bond motifs is 1. The van der Waals surface area contributed by atoms with Gasteiger partial charge in [0, 0.05) is 25.6 Å². The zero-order valence-corrected chi connectivity index (χ0v) is 15.2. The molecule has 1 N–H and O–H groups in total. The SMILES string of the molecule is O=C(CC1CCOc2ccccc21)NC1CCN(C(=O)c2ccco2)CC1. The van der Waals surface area contributed by atoms with Crippen LogP contribution < -0.4 is 10.1 Å². The molecule has 1 atom stereocenters. The monoisotopic (exact) mass is 368 g/mol. The number of carbonyl (C=O) groups is 2. The molecule has 2 aliphatic rings. The quantitative estimate of drug-likeness (QED) is 0.901. The van der Waals surface area contributed by atoms with Crippen LogP contribution in [0.1, 0.15) is 47.7 Å². The van der Waals surface area contributed by atoms with Gasteiger partial charge in [-0.05, 0) is 48.9 Å². The van der Waals surface area contributed by atoms with E-state index in [2.05, 4.69) is 5.32 Å². The Balaban J connectivity index is 1.27. The van der Waals surface area contributed by atoms with Crippen LogP contribution in [-0.2, 0) is 4.79 Å². The standard InChI is InChI=1S/C21H24N2O4/c24-20(14-15-9-13-27-18-5-2-1-4-17(15)18)22-16-7-10-23(11-8-16)21(25)19-6-3-12-26-19/h1-6,12,15-16H,7-11,13-14H2,(H,22,24). The lowest BCUT2D eigenvalue weighted by atomic mass is 9.90. The number of benzene rings is 1. The number of furan rings is 1. The molecule has 0 spiro atoms. The lowest BCUT2D eigenvalue weighted by Gasteiger charge is -2.32. The van der Waals surface area contributed by atoms with Crippen molar-refractivity contribution in [2.75, 3.05) is 19.7 Å². The molecule has 0 saturated carbocycles. The smallest absolute Gasteiger partial charge is 0.289 e. The van der Waals surface area contributed by atoms with E-state index in [4.69, 9.17) is 9.15 Å². The minimum Gasteiger partial charge on any atom is -0.493 e. The van der Waals surface area contributed by atoms with E-state index in [-0.39, 0.29) is 23.8 Å². The van der Waals surface area contributed by atoms with Crippen LogP contribution in [0, 0.1) is 0 Å². The van der Waals surface area contributed by atoms with Gasteiger partial charge in [-0.15, -0.1) is 0 Å². The number of nitrogens with zero attached hydrogens (tertiary/aromatic N) is 1. The van der Waals surface area contributed by atoms with Gasteiger partial charge in [-0.1, -0.05) is 18.2 Å². The molecule has 0 aliphatic carbocycles. The fourth-order valence-electron chi connectivity index (χ4n) is 3.92. The maximum absolute atomic E-state index is 12.5. The van der Waals surface area contributed by atoms with Gasteiger partial charge in [0.05, 0.1) is 12.9 Å². The van der Waals surface area contributed by atoms with Crippen molar-refractivity contribution in [3.63, 3.8) is 0 Å². The minimum atomic E-state index is -0.0800. The summed E-state index contributed by atoms with van der Waals surface area (Å²) in [6.45, 7) is 1.91. The van der Waals surface area contributed by atoms with E-state index in [1.807, 2.05) is 24.3 Å². The second kappa shape index (κ2) is 7.86. The largest absolute Gasteiger partial charge is 0.493 e. The average molecular weight is 368 g/mol. The van der Waals surface area contributed by atoms with E-state index in [1.54, 1.807) is 17.0 Å². The molecule has 1 aromatic heterocycles. The minimum absolute atomic E-state index is 0.0764. The number of likely N-dealkylation sites (tertiary alicyclic amines) is 1. The molecule has 6 heteroatoms. The third-order valence-electron chi connectivity index (χ3n) is 5.39. The fourth-order valence-corrected chi connectivity index (χ4v) is 3.92. The van der Waals surface area contributed by atoms with E-state index < -0.39 is 0 Å². The van der Waals surface area contributed by atoms with Gasteiger partial charge in [0.25, 0.3) is 5.91 Å². The third kappa shape index (κ3) is 3.99. The van der Waals surface area contributed by atoms with Crippen LogP contribution in [0.5, 0.6) is 5.75 Å². The molecule has 2 aliphatic heterocycles. The molecule has 142 valence electrons. The number of ether oxygens (including phenoxy) is 1. The summed E-state index contributed by atoms with van der Waals surface area (Å²) in [5, 5.41) is 3.15. The van der Waals surface area contributed by atoms with Gasteiger partial charge in [0.1, 0.15) is 5.75 Å². The molecule has 2 aromatic rings. The summed E-state index contributed by atoms with van der Waals surface area (Å²) in [6.07, 6.45) is 4.38. The molecule has 27 heavy (non-hydrogen) atoms. The molecule has 0 radical (unpaired) electrons. The molecule has 1 fully saturated rings. The summed E-state index contributed by atoms with van der Waals surface area (Å²) in [7, 11) is 0. The van der Waals surface area contributed by atoms with Crippen molar-refractivity contribution in [3.8, 4) is 5.75 Å². The van der Waals surface area contributed by atoms with Gasteiger partial charge in [-0.2, -0.15) is 0 Å². The van der Waals surface area contributed by atoms with Crippen molar-refractivity contribution < 1.29 is 18.7 Å². The number of nitrogens with one attached hydrogen (secondary N) is 1. The molecule has 4 rings (SSSR count). The first-order valence-electron chi connectivity index (χ1n) is 9.54. The van der Waals surface area contributed by atoms with Crippen LogP contribution in [0.2, 0.25) is 0 Å². The normalized spacial score (nSPS) is 19.9. The lowest BCUT2D eigenvalue weighted by Crippen LogP contribution is -2.46. The molecule has 0 bridgehead atoms. The van der Waals surface area contributed by atoms with Gasteiger partial charge in [-0.3, -0.25) is 9.59 Å². The Kier molecular flexibility index (Phi) is 5.14. The molecular weight excluding hydrogens is 344 g/mol. The maximum atomic E-state index is 12.5. The molecule has 2 amide bonds. The van der Waals surface area contributed by atoms with Crippen molar-refractivity contribution in [1.82, 2.24) is 10.2 Å². The Bertz CT molecular complexity index is 794. The highest BCUT2D eigenvalue weighted by Gasteiger charge is 2.28. The van der Waals surface area contributed by atoms with E-state index in [9.17, 15) is 9.59 Å². The van der Waals surface area contributed by atoms with Crippen LogP contribution in [0.4, 0.5) is 0 Å². The first-order valence-corrected chi connectivity index (χ1v) is 9.54. The van der Waals surface area contributed by atoms with E-state index in [0.29, 0.717) is 31.9 Å². The predicted octanol–water partition coefficient (Wildman–Crippen LogP) is 2.96. The Morgan fingerprint density at radius 1 is 1.07 bits per heavy atom. The average Bonchev–Trinajstić information content (AvgIpc) is 3.23. The molecule has 1 aromatic carbocycles. The summed E-state index contributed by atoms with van der Waals surface area (Å²) < 4.78 is 10.9. The summed E-state index contributed by atoms with van der Waals surface area (Å²) >= 11 is 0. The highest BCUT2D eigenvalue weighted by molar-refractivity contribution is 5.91. The molecule has 1 unspecified atom stereocenters. The Hall–Kier alpha value is -2.76. The number of hydrogen-bond donors (Lipinski definition) is 1. The molecule has 6 nitrogen and oxygen atoms in total. The predicted molar refractivity (Wildman–Crippen MR) is 99.7 cm³/mol. The summed E-state index contributed by atoms with van der Waals surface area (Å²) in [6, 6.07) is 11.5. The van der Waals surface area contributed by atoms with Gasteiger partial charge in [-0.25, -0.2) is 0 Å². The van der Waals surface area contributed by atoms with Crippen LogP contribution in [0.15, 0.2) is 47.1 Å². The number of carbonyl (C=O) groups excluding carboxylic acids is 2. The van der Waals surface area contributed by atoms with Crippen molar-refractivity contribution >= 4 is 11.8 Å². The highest BCUT2D eigenvalue weighted by atomic mass is 16.5. The topological polar surface area (TPSA) is 71.8 Å². The molecule has 1 saturated heterocycles. The van der Waals surface area contributed by atoms with Crippen molar-refractivity contribution in [3.05, 3.63) is 54.0 Å². The number of amides is 2. The Morgan fingerprint density at radius 3 is 2.67 bits per heavy atom. The lowest BCUT2D eigenvalue weighted by molar-refractivity contribution is -0.122. The second-order valence-electron chi connectivity index (χ2n) is 7.19. The van der Waals surface area contributed by atoms with Crippen LogP contribution in [0.3, 0.4) is 0 Å². The number of piperidine rings is 1. The summed E-state index contributed by atoms with van der Waals surface area (Å²) in [4.78, 5) is 26.6. The zero-order chi connectivity index (χ0) is 18.6. The van der Waals surface area contributed by atoms with Gasteiger partial charge in [0.2, 0.25) is 5.91 Å². The van der Waals surface area contributed by atoms with Crippen LogP contribution in [0.25, 0.3) is 0 Å². The maximum Gasteiger partial charge on any atom is 0.289 e. The number of para-hydroxylation sites is 1. The summed E-state index contributed by atoms with van der Waals surface area (Å²) in [5.41, 5.74) is 1.12. The number of hydrogen-bond acceptors (Lipinski definition) is 4. The van der Waals surface area contributed by atoms with Gasteiger partial charge < -0.3 is 19.4 Å². The van der Waals surface area contributed by atoms with E-state index in [1.165, 1.54) is 6.26 Å². The van der Waals surface area contributed by atoms with Crippen molar-refractivity contribution in [2.24, 2.45) is 0 Å². The van der Waals surface area contributed by atoms with Crippen LogP contribution >= 0.6 is 0 Å². The Morgan fingerprint density at radius 2 is 1.89 bits per heavy atom. The van der Waals surface area contributed by atoms with Gasteiger partial charge in [0.15, 0.2) is 5.76 Å². The van der Waals surface area contributed by atoms with Crippen molar-refractivity contribution in [1.29, 1.82) is 0 Å². The number of rotatable bonds is 4. The fraction of sp³-hybridized carbons (Fsp3) is 0.429. The second-order valence-corrected chi connectivity index (χ2v) is 7.19. The first kappa shape index (κ1) is 17.6. The Labute approximate surface area is 158 Å². The van der Waals surface area contributed by atoms with Gasteiger partial charge >= 0.3 is 0 Å².